The molecule has 2 aromatic rings. The number of hydrogen-bond donors (Lipinski definition) is 2. The minimum Gasteiger partial charge on any atom is -0.478 e. The number of rotatable bonds is 5. The van der Waals surface area contributed by atoms with E-state index in [1.807, 2.05) is 0 Å². The summed E-state index contributed by atoms with van der Waals surface area (Å²) in [5.41, 5.74) is 6.38. The van der Waals surface area contributed by atoms with E-state index in [1.165, 1.54) is 12.1 Å². The van der Waals surface area contributed by atoms with Gasteiger partial charge in [-0.05, 0) is 42.5 Å². The van der Waals surface area contributed by atoms with Crippen LogP contribution in [0.25, 0.3) is 0 Å². The third-order valence-corrected chi connectivity index (χ3v) is 2.84. The molecule has 0 heterocycles. The van der Waals surface area contributed by atoms with E-state index in [-0.39, 0.29) is 11.4 Å². The van der Waals surface area contributed by atoms with Crippen molar-refractivity contribution in [2.75, 3.05) is 5.88 Å². The van der Waals surface area contributed by atoms with Crippen LogP contribution in [0, 0.1) is 0 Å². The van der Waals surface area contributed by atoms with Crippen LogP contribution in [0.2, 0.25) is 0 Å². The van der Waals surface area contributed by atoms with E-state index in [4.69, 9.17) is 27.2 Å². The van der Waals surface area contributed by atoms with Crippen LogP contribution < -0.4 is 10.5 Å². The van der Waals surface area contributed by atoms with E-state index < -0.39 is 5.97 Å². The number of halogens is 1. The van der Waals surface area contributed by atoms with E-state index in [2.05, 4.69) is 4.99 Å². The van der Waals surface area contributed by atoms with Gasteiger partial charge in [0.05, 0.1) is 17.1 Å². The van der Waals surface area contributed by atoms with Crippen LogP contribution in [-0.2, 0) is 0 Å². The Balaban J connectivity index is 2.13. The average molecular weight is 305 g/mol. The Hall–Kier alpha value is -2.53. The molecule has 2 aromatic carbocycles. The standard InChI is InChI=1S/C15H13ClN2O3/c16-9-14(17)18-11-4-6-12(7-5-11)21-13-3-1-2-10(8-13)15(19)20/h1-8H,9H2,(H2,17,18)(H,19,20). The summed E-state index contributed by atoms with van der Waals surface area (Å²) in [7, 11) is 0. The predicted molar refractivity (Wildman–Crippen MR) is 81.9 cm³/mol. The molecule has 2 rings (SSSR count). The Kier molecular flexibility index (Phi) is 4.79. The largest absolute Gasteiger partial charge is 0.478 e. The summed E-state index contributed by atoms with van der Waals surface area (Å²) in [6.07, 6.45) is 0. The predicted octanol–water partition coefficient (Wildman–Crippen LogP) is 3.40. The second-order valence-corrected chi connectivity index (χ2v) is 4.43. The SMILES string of the molecule is NC(CCl)=Nc1ccc(Oc2cccc(C(=O)O)c2)cc1. The number of aromatic carboxylic acids is 1. The van der Waals surface area contributed by atoms with Crippen LogP contribution in [0.5, 0.6) is 11.5 Å². The quantitative estimate of drug-likeness (QED) is 0.503. The smallest absolute Gasteiger partial charge is 0.335 e. The van der Waals surface area contributed by atoms with E-state index in [9.17, 15) is 4.79 Å². The van der Waals surface area contributed by atoms with Crippen molar-refractivity contribution in [3.63, 3.8) is 0 Å². The minimum atomic E-state index is -0.998. The molecule has 0 bridgehead atoms. The van der Waals surface area contributed by atoms with Crippen molar-refractivity contribution < 1.29 is 14.6 Å². The Labute approximate surface area is 126 Å². The Morgan fingerprint density at radius 2 is 1.90 bits per heavy atom. The van der Waals surface area contributed by atoms with Crippen LogP contribution in [0.1, 0.15) is 10.4 Å². The molecule has 108 valence electrons. The second-order valence-electron chi connectivity index (χ2n) is 4.17. The first-order valence-electron chi connectivity index (χ1n) is 6.09. The Bertz CT molecular complexity index is 669. The molecule has 3 N–H and O–H groups in total. The van der Waals surface area contributed by atoms with Gasteiger partial charge in [0.1, 0.15) is 17.3 Å². The van der Waals surface area contributed by atoms with E-state index in [0.29, 0.717) is 23.0 Å². The van der Waals surface area contributed by atoms with Gasteiger partial charge in [-0.3, -0.25) is 0 Å². The molecule has 0 saturated heterocycles. The minimum absolute atomic E-state index is 0.167. The lowest BCUT2D eigenvalue weighted by Gasteiger charge is -2.06. The summed E-state index contributed by atoms with van der Waals surface area (Å²) in [5.74, 6) is 0.522. The highest BCUT2D eigenvalue weighted by Gasteiger charge is 2.04. The number of benzene rings is 2. The molecule has 0 fully saturated rings. The van der Waals surface area contributed by atoms with Crippen molar-refractivity contribution in [1.29, 1.82) is 0 Å². The zero-order valence-corrected chi connectivity index (χ0v) is 11.7. The molecule has 0 saturated carbocycles. The van der Waals surface area contributed by atoms with Crippen LogP contribution in [0.3, 0.4) is 0 Å². The highest BCUT2D eigenvalue weighted by atomic mass is 35.5. The summed E-state index contributed by atoms with van der Waals surface area (Å²) in [5, 5.41) is 8.93. The number of nitrogens with two attached hydrogens (primary N) is 1. The van der Waals surface area contributed by atoms with E-state index >= 15 is 0 Å². The van der Waals surface area contributed by atoms with Crippen LogP contribution in [0.4, 0.5) is 5.69 Å². The highest BCUT2D eigenvalue weighted by Crippen LogP contribution is 2.24. The van der Waals surface area contributed by atoms with E-state index in [0.717, 1.165) is 0 Å². The molecule has 0 aliphatic rings. The van der Waals surface area contributed by atoms with Crippen molar-refractivity contribution in [3.8, 4) is 11.5 Å². The number of hydrogen-bond acceptors (Lipinski definition) is 3. The average Bonchev–Trinajstić information content (AvgIpc) is 2.49. The number of carboxylic acid groups (broad SMARTS) is 1. The Morgan fingerprint density at radius 1 is 1.19 bits per heavy atom. The van der Waals surface area contributed by atoms with Crippen LogP contribution in [-0.4, -0.2) is 22.8 Å². The number of alkyl halides is 1. The summed E-state index contributed by atoms with van der Waals surface area (Å²) >= 11 is 5.55. The Morgan fingerprint density at radius 3 is 2.52 bits per heavy atom. The zero-order valence-electron chi connectivity index (χ0n) is 11.0. The summed E-state index contributed by atoms with van der Waals surface area (Å²) in [6, 6.07) is 13.2. The van der Waals surface area contributed by atoms with Crippen LogP contribution in [0.15, 0.2) is 53.5 Å². The lowest BCUT2D eigenvalue weighted by atomic mass is 10.2. The van der Waals surface area contributed by atoms with Crippen molar-refractivity contribution in [3.05, 3.63) is 54.1 Å². The molecule has 6 heteroatoms. The van der Waals surface area contributed by atoms with Gasteiger partial charge in [-0.1, -0.05) is 6.07 Å². The number of ether oxygens (including phenoxy) is 1. The molecular formula is C15H13ClN2O3. The van der Waals surface area contributed by atoms with Gasteiger partial charge < -0.3 is 15.6 Å². The fraction of sp³-hybridized carbons (Fsp3) is 0.0667. The zero-order chi connectivity index (χ0) is 15.2. The molecule has 0 amide bonds. The number of amidine groups is 1. The normalized spacial score (nSPS) is 11.2. The maximum atomic E-state index is 10.9. The van der Waals surface area contributed by atoms with Gasteiger partial charge in [-0.2, -0.15) is 0 Å². The monoisotopic (exact) mass is 304 g/mol. The lowest BCUT2D eigenvalue weighted by molar-refractivity contribution is 0.0696. The van der Waals surface area contributed by atoms with Crippen molar-refractivity contribution in [2.45, 2.75) is 0 Å². The number of carboxylic acids is 1. The second kappa shape index (κ2) is 6.76. The molecule has 21 heavy (non-hydrogen) atoms. The van der Waals surface area contributed by atoms with E-state index in [1.54, 1.807) is 36.4 Å². The van der Waals surface area contributed by atoms with Gasteiger partial charge in [0.15, 0.2) is 0 Å². The number of carbonyl (C=O) groups is 1. The van der Waals surface area contributed by atoms with Gasteiger partial charge in [-0.15, -0.1) is 11.6 Å². The molecule has 5 nitrogen and oxygen atoms in total. The summed E-state index contributed by atoms with van der Waals surface area (Å²) in [4.78, 5) is 15.0. The maximum absolute atomic E-state index is 10.9. The number of aliphatic imine (C=N–C) groups is 1. The third kappa shape index (κ3) is 4.22. The molecule has 0 aliphatic heterocycles. The number of nitrogens with zero attached hydrogens (tertiary/aromatic N) is 1. The fourth-order valence-corrected chi connectivity index (χ4v) is 1.67. The molecule has 0 spiro atoms. The molecule has 0 unspecified atom stereocenters. The van der Waals surface area contributed by atoms with Gasteiger partial charge >= 0.3 is 5.97 Å². The molecule has 0 aliphatic carbocycles. The molecular weight excluding hydrogens is 292 g/mol. The summed E-state index contributed by atoms with van der Waals surface area (Å²) < 4.78 is 5.59. The van der Waals surface area contributed by atoms with Gasteiger partial charge in [0.25, 0.3) is 0 Å². The van der Waals surface area contributed by atoms with Crippen molar-refractivity contribution >= 4 is 29.1 Å². The van der Waals surface area contributed by atoms with Gasteiger partial charge in [-0.25, -0.2) is 9.79 Å². The van der Waals surface area contributed by atoms with Crippen molar-refractivity contribution in [1.82, 2.24) is 0 Å². The topological polar surface area (TPSA) is 84.9 Å². The van der Waals surface area contributed by atoms with Gasteiger partial charge in [0.2, 0.25) is 0 Å². The first kappa shape index (κ1) is 14.9. The molecule has 0 aromatic heterocycles. The molecule has 0 radical (unpaired) electrons. The first-order chi connectivity index (χ1) is 10.1. The lowest BCUT2D eigenvalue weighted by Crippen LogP contribution is -2.12. The summed E-state index contributed by atoms with van der Waals surface area (Å²) in [6.45, 7) is 0. The van der Waals surface area contributed by atoms with Crippen molar-refractivity contribution in [2.24, 2.45) is 10.7 Å². The van der Waals surface area contributed by atoms with Crippen LogP contribution >= 0.6 is 11.6 Å². The fourth-order valence-electron chi connectivity index (χ4n) is 1.61. The highest BCUT2D eigenvalue weighted by molar-refractivity contribution is 6.28. The molecule has 0 atom stereocenters. The first-order valence-corrected chi connectivity index (χ1v) is 6.62. The third-order valence-electron chi connectivity index (χ3n) is 2.56. The van der Waals surface area contributed by atoms with Gasteiger partial charge in [0, 0.05) is 0 Å². The maximum Gasteiger partial charge on any atom is 0.335 e.